The Kier molecular flexibility index (Phi) is 4.61. The van der Waals surface area contributed by atoms with Gasteiger partial charge in [0.25, 0.3) is 0 Å². The summed E-state index contributed by atoms with van der Waals surface area (Å²) in [7, 11) is 0. The number of ketones is 1. The van der Waals surface area contributed by atoms with Gasteiger partial charge in [-0.05, 0) is 48.7 Å². The first-order valence-electron chi connectivity index (χ1n) is 6.55. The molecule has 0 radical (unpaired) electrons. The summed E-state index contributed by atoms with van der Waals surface area (Å²) < 4.78 is 6.78. The van der Waals surface area contributed by atoms with Gasteiger partial charge < -0.3 is 4.74 Å². The molecule has 0 spiro atoms. The Labute approximate surface area is 127 Å². The number of carbonyl (C=O) groups excluding carboxylic acids is 1. The topological polar surface area (TPSA) is 26.3 Å². The molecule has 0 N–H and O–H groups in total. The zero-order chi connectivity index (χ0) is 14.7. The maximum atomic E-state index is 11.6. The molecule has 20 heavy (non-hydrogen) atoms. The first kappa shape index (κ1) is 14.8. The number of ether oxygens (including phenoxy) is 1. The van der Waals surface area contributed by atoms with Crippen LogP contribution in [0.4, 0.5) is 0 Å². The van der Waals surface area contributed by atoms with Crippen molar-refractivity contribution in [3.63, 3.8) is 0 Å². The summed E-state index contributed by atoms with van der Waals surface area (Å²) >= 11 is 3.41. The van der Waals surface area contributed by atoms with E-state index in [1.165, 1.54) is 5.56 Å². The lowest BCUT2D eigenvalue weighted by Gasteiger charge is -2.12. The molecule has 0 bridgehead atoms. The van der Waals surface area contributed by atoms with Gasteiger partial charge in [-0.2, -0.15) is 0 Å². The average molecular weight is 333 g/mol. The molecule has 2 aromatic carbocycles. The molecule has 0 saturated carbocycles. The summed E-state index contributed by atoms with van der Waals surface area (Å²) in [5, 5.41) is 0. The molecule has 2 aromatic rings. The van der Waals surface area contributed by atoms with Crippen molar-refractivity contribution in [3.05, 3.63) is 58.1 Å². The maximum absolute atomic E-state index is 11.6. The van der Waals surface area contributed by atoms with E-state index in [1.807, 2.05) is 30.3 Å². The summed E-state index contributed by atoms with van der Waals surface area (Å²) in [6.45, 7) is 5.82. The van der Waals surface area contributed by atoms with Crippen molar-refractivity contribution in [3.8, 4) is 11.5 Å². The fourth-order valence-electron chi connectivity index (χ4n) is 1.94. The third kappa shape index (κ3) is 3.48. The van der Waals surface area contributed by atoms with Crippen LogP contribution >= 0.6 is 15.9 Å². The highest BCUT2D eigenvalue weighted by molar-refractivity contribution is 9.10. The molecule has 0 saturated heterocycles. The van der Waals surface area contributed by atoms with Gasteiger partial charge in [0.05, 0.1) is 5.56 Å². The van der Waals surface area contributed by atoms with Gasteiger partial charge in [-0.25, -0.2) is 0 Å². The monoisotopic (exact) mass is 332 g/mol. The average Bonchev–Trinajstić information content (AvgIpc) is 2.38. The van der Waals surface area contributed by atoms with E-state index in [-0.39, 0.29) is 5.78 Å². The molecule has 3 heteroatoms. The fraction of sp³-hybridized carbons (Fsp3) is 0.235. The second-order valence-corrected chi connectivity index (χ2v) is 5.94. The Balaban J connectivity index is 2.36. The van der Waals surface area contributed by atoms with E-state index in [0.717, 1.165) is 10.2 Å². The number of hydrogen-bond acceptors (Lipinski definition) is 2. The minimum Gasteiger partial charge on any atom is -0.457 e. The molecule has 0 unspecified atom stereocenters. The van der Waals surface area contributed by atoms with Crippen molar-refractivity contribution in [2.45, 2.75) is 26.7 Å². The molecule has 2 rings (SSSR count). The van der Waals surface area contributed by atoms with Crippen LogP contribution in [0.3, 0.4) is 0 Å². The molecule has 0 aliphatic rings. The quantitative estimate of drug-likeness (QED) is 0.684. The lowest BCUT2D eigenvalue weighted by molar-refractivity contribution is 0.101. The van der Waals surface area contributed by atoms with Crippen LogP contribution in [0.25, 0.3) is 0 Å². The van der Waals surface area contributed by atoms with E-state index in [4.69, 9.17) is 4.74 Å². The van der Waals surface area contributed by atoms with Gasteiger partial charge in [-0.3, -0.25) is 4.79 Å². The molecule has 0 aromatic heterocycles. The standard InChI is InChI=1S/C17H17BrO2/c1-11(2)13-5-4-6-15(9-13)20-17-10-14(18)7-8-16(17)12(3)19/h4-11H,1-3H3. The van der Waals surface area contributed by atoms with E-state index >= 15 is 0 Å². The van der Waals surface area contributed by atoms with Gasteiger partial charge >= 0.3 is 0 Å². The van der Waals surface area contributed by atoms with Crippen LogP contribution in [0, 0.1) is 0 Å². The highest BCUT2D eigenvalue weighted by Crippen LogP contribution is 2.30. The van der Waals surface area contributed by atoms with Gasteiger partial charge in [0.1, 0.15) is 11.5 Å². The number of hydrogen-bond donors (Lipinski definition) is 0. The van der Waals surface area contributed by atoms with Gasteiger partial charge in [-0.1, -0.05) is 41.9 Å². The van der Waals surface area contributed by atoms with E-state index in [2.05, 4.69) is 35.8 Å². The van der Waals surface area contributed by atoms with Crippen molar-refractivity contribution in [1.29, 1.82) is 0 Å². The summed E-state index contributed by atoms with van der Waals surface area (Å²) in [5.74, 6) is 1.76. The highest BCUT2D eigenvalue weighted by Gasteiger charge is 2.10. The third-order valence-electron chi connectivity index (χ3n) is 3.08. The van der Waals surface area contributed by atoms with Gasteiger partial charge in [0, 0.05) is 4.47 Å². The van der Waals surface area contributed by atoms with Crippen molar-refractivity contribution < 1.29 is 9.53 Å². The second-order valence-electron chi connectivity index (χ2n) is 5.03. The molecular formula is C17H17BrO2. The fourth-order valence-corrected chi connectivity index (χ4v) is 2.28. The molecule has 104 valence electrons. The van der Waals surface area contributed by atoms with Crippen molar-refractivity contribution >= 4 is 21.7 Å². The first-order valence-corrected chi connectivity index (χ1v) is 7.35. The highest BCUT2D eigenvalue weighted by atomic mass is 79.9. The van der Waals surface area contributed by atoms with Crippen molar-refractivity contribution in [2.75, 3.05) is 0 Å². The second kappa shape index (κ2) is 6.23. The Morgan fingerprint density at radius 1 is 1.15 bits per heavy atom. The summed E-state index contributed by atoms with van der Waals surface area (Å²) in [5.41, 5.74) is 1.80. The zero-order valence-corrected chi connectivity index (χ0v) is 13.4. The summed E-state index contributed by atoms with van der Waals surface area (Å²) in [6.07, 6.45) is 0. The minimum atomic E-state index is -0.00693. The van der Waals surface area contributed by atoms with E-state index in [0.29, 0.717) is 17.2 Å². The molecular weight excluding hydrogens is 316 g/mol. The Hall–Kier alpha value is -1.61. The van der Waals surface area contributed by atoms with Crippen LogP contribution in [0.1, 0.15) is 42.6 Å². The van der Waals surface area contributed by atoms with Crippen LogP contribution < -0.4 is 4.74 Å². The van der Waals surface area contributed by atoms with E-state index in [9.17, 15) is 4.79 Å². The first-order chi connectivity index (χ1) is 9.47. The van der Waals surface area contributed by atoms with Gasteiger partial charge in [0.15, 0.2) is 5.78 Å². The lowest BCUT2D eigenvalue weighted by atomic mass is 10.0. The zero-order valence-electron chi connectivity index (χ0n) is 11.8. The molecule has 0 amide bonds. The maximum Gasteiger partial charge on any atom is 0.163 e. The molecule has 0 aliphatic carbocycles. The third-order valence-corrected chi connectivity index (χ3v) is 3.57. The van der Waals surface area contributed by atoms with Crippen molar-refractivity contribution in [1.82, 2.24) is 0 Å². The van der Waals surface area contributed by atoms with E-state index in [1.54, 1.807) is 13.0 Å². The van der Waals surface area contributed by atoms with Crippen LogP contribution in [-0.2, 0) is 0 Å². The number of carbonyl (C=O) groups is 1. The lowest BCUT2D eigenvalue weighted by Crippen LogP contribution is -1.97. The molecule has 0 heterocycles. The Morgan fingerprint density at radius 3 is 2.55 bits per heavy atom. The number of rotatable bonds is 4. The van der Waals surface area contributed by atoms with E-state index < -0.39 is 0 Å². The predicted octanol–water partition coefficient (Wildman–Crippen LogP) is 5.57. The Bertz CT molecular complexity index is 633. The number of Topliss-reactive ketones (excluding diaryl/α,β-unsaturated/α-hetero) is 1. The van der Waals surface area contributed by atoms with Crippen LogP contribution in [0.2, 0.25) is 0 Å². The molecule has 0 aliphatic heterocycles. The largest absolute Gasteiger partial charge is 0.457 e. The predicted molar refractivity (Wildman–Crippen MR) is 84.8 cm³/mol. The smallest absolute Gasteiger partial charge is 0.163 e. The van der Waals surface area contributed by atoms with Crippen LogP contribution in [-0.4, -0.2) is 5.78 Å². The minimum absolute atomic E-state index is 0.00693. The SMILES string of the molecule is CC(=O)c1ccc(Br)cc1Oc1cccc(C(C)C)c1. The summed E-state index contributed by atoms with van der Waals surface area (Å²) in [4.78, 5) is 11.6. The molecule has 0 fully saturated rings. The van der Waals surface area contributed by atoms with Crippen molar-refractivity contribution in [2.24, 2.45) is 0 Å². The summed E-state index contributed by atoms with van der Waals surface area (Å²) in [6, 6.07) is 13.4. The Morgan fingerprint density at radius 2 is 1.90 bits per heavy atom. The molecule has 0 atom stereocenters. The van der Waals surface area contributed by atoms with Crippen LogP contribution in [0.5, 0.6) is 11.5 Å². The van der Waals surface area contributed by atoms with Crippen LogP contribution in [0.15, 0.2) is 46.9 Å². The van der Waals surface area contributed by atoms with Gasteiger partial charge in [-0.15, -0.1) is 0 Å². The molecule has 2 nitrogen and oxygen atoms in total. The normalized spacial score (nSPS) is 10.7. The van der Waals surface area contributed by atoms with Gasteiger partial charge in [0.2, 0.25) is 0 Å². The number of halogens is 1. The number of benzene rings is 2.